The van der Waals surface area contributed by atoms with Crippen molar-refractivity contribution >= 4 is 39.9 Å². The Kier molecular flexibility index (Phi) is 9.78. The molecule has 5 amide bonds. The summed E-state index contributed by atoms with van der Waals surface area (Å²) in [5.41, 5.74) is -1.25. The molecule has 0 radical (unpaired) electrons. The average Bonchev–Trinajstić information content (AvgIpc) is 3.91. The van der Waals surface area contributed by atoms with Crippen LogP contribution in [0.15, 0.2) is 18.2 Å². The van der Waals surface area contributed by atoms with Gasteiger partial charge < -0.3 is 25.0 Å². The van der Waals surface area contributed by atoms with Crippen LogP contribution in [0.1, 0.15) is 96.1 Å². The number of sulfonamides is 1. The van der Waals surface area contributed by atoms with E-state index < -0.39 is 80.3 Å². The molecule has 6 rings (SSSR count). The monoisotopic (exact) mass is 719 g/mol. The molecule has 14 nitrogen and oxygen atoms in total. The minimum Gasteiger partial charge on any atom is -0.444 e. The highest BCUT2D eigenvalue weighted by Crippen LogP contribution is 2.48. The van der Waals surface area contributed by atoms with E-state index in [1.54, 1.807) is 32.9 Å². The molecular weight excluding hydrogens is 673 g/mol. The van der Waals surface area contributed by atoms with Gasteiger partial charge in [0.2, 0.25) is 21.8 Å². The molecule has 3 aliphatic heterocycles. The molecule has 3 N–H and O–H groups in total. The molecule has 1 aromatic carbocycles. The van der Waals surface area contributed by atoms with Gasteiger partial charge in [-0.3, -0.25) is 24.0 Å². The number of nitrogens with zero attached hydrogens (tertiary/aromatic N) is 2. The first-order chi connectivity index (χ1) is 23.6. The van der Waals surface area contributed by atoms with Crippen LogP contribution in [0.25, 0.3) is 0 Å². The Morgan fingerprint density at radius 1 is 1.02 bits per heavy atom. The van der Waals surface area contributed by atoms with Crippen molar-refractivity contribution in [3.8, 4) is 0 Å². The maximum atomic E-state index is 14.4. The second-order valence-corrected chi connectivity index (χ2v) is 17.2. The van der Waals surface area contributed by atoms with E-state index in [2.05, 4.69) is 15.4 Å². The molecule has 2 saturated carbocycles. The van der Waals surface area contributed by atoms with Gasteiger partial charge >= 0.3 is 12.2 Å². The zero-order valence-electron chi connectivity index (χ0n) is 28.7. The fraction of sp³-hybridized carbons (Fsp3) is 0.676. The summed E-state index contributed by atoms with van der Waals surface area (Å²) in [5, 5.41) is 4.84. The normalized spacial score (nSPS) is 28.7. The van der Waals surface area contributed by atoms with Crippen molar-refractivity contribution in [3.63, 3.8) is 0 Å². The molecule has 2 aliphatic carbocycles. The lowest BCUT2D eigenvalue weighted by atomic mass is 10.0. The van der Waals surface area contributed by atoms with E-state index in [1.807, 2.05) is 0 Å². The van der Waals surface area contributed by atoms with Crippen molar-refractivity contribution in [2.75, 3.05) is 6.54 Å². The second kappa shape index (κ2) is 13.6. The van der Waals surface area contributed by atoms with Gasteiger partial charge in [-0.25, -0.2) is 22.4 Å². The molecule has 5 aliphatic rings. The van der Waals surface area contributed by atoms with E-state index in [-0.39, 0.29) is 44.8 Å². The van der Waals surface area contributed by atoms with E-state index in [0.717, 1.165) is 19.3 Å². The highest BCUT2D eigenvalue weighted by atomic mass is 32.2. The van der Waals surface area contributed by atoms with E-state index in [0.29, 0.717) is 36.8 Å². The third-order valence-electron chi connectivity index (χ3n) is 10.1. The van der Waals surface area contributed by atoms with Gasteiger partial charge in [0.25, 0.3) is 5.91 Å². The number of carbonyl (C=O) groups excluding carboxylic acids is 5. The first-order valence-electron chi connectivity index (χ1n) is 17.5. The summed E-state index contributed by atoms with van der Waals surface area (Å²) in [5.74, 6) is -2.78. The highest BCUT2D eigenvalue weighted by molar-refractivity contribution is 7.91. The molecule has 274 valence electrons. The van der Waals surface area contributed by atoms with Crippen molar-refractivity contribution in [2.45, 2.75) is 133 Å². The third-order valence-corrected chi connectivity index (χ3v) is 12.0. The predicted molar refractivity (Wildman–Crippen MR) is 176 cm³/mol. The molecule has 16 heteroatoms. The van der Waals surface area contributed by atoms with Gasteiger partial charge in [0.1, 0.15) is 35.1 Å². The van der Waals surface area contributed by atoms with Gasteiger partial charge in [-0.2, -0.15) is 0 Å². The number of carbonyl (C=O) groups is 5. The molecule has 50 heavy (non-hydrogen) atoms. The lowest BCUT2D eigenvalue weighted by Gasteiger charge is -2.30. The Balaban J connectivity index is 1.23. The SMILES string of the molecule is CC(C)(C)OC(=O)N[C@H]1CCCCCC[C@@H]2C[C@@]2(C(=O)NS(=O)(=O)C2CC2)NC(=O)[C@@H]2C[C@@H](OC(=O)N3Cc4cccc(F)c4C3)CN2C1=O. The van der Waals surface area contributed by atoms with E-state index in [4.69, 9.17) is 9.47 Å². The lowest BCUT2D eigenvalue weighted by Crippen LogP contribution is -2.58. The smallest absolute Gasteiger partial charge is 0.410 e. The summed E-state index contributed by atoms with van der Waals surface area (Å²) in [6, 6.07) is 2.35. The quantitative estimate of drug-likeness (QED) is 0.413. The Bertz CT molecular complexity index is 1660. The van der Waals surface area contributed by atoms with Crippen molar-refractivity contribution in [2.24, 2.45) is 5.92 Å². The van der Waals surface area contributed by atoms with Crippen LogP contribution in [-0.4, -0.2) is 89.2 Å². The van der Waals surface area contributed by atoms with Crippen LogP contribution in [-0.2, 0) is 47.0 Å². The van der Waals surface area contributed by atoms with Crippen molar-refractivity contribution in [3.05, 3.63) is 35.1 Å². The van der Waals surface area contributed by atoms with Crippen molar-refractivity contribution < 1.29 is 46.3 Å². The molecule has 2 saturated heterocycles. The van der Waals surface area contributed by atoms with Crippen molar-refractivity contribution in [1.29, 1.82) is 0 Å². The van der Waals surface area contributed by atoms with Gasteiger partial charge in [0.05, 0.1) is 18.3 Å². The van der Waals surface area contributed by atoms with Gasteiger partial charge in [-0.05, 0) is 70.4 Å². The molecule has 1 aromatic rings. The summed E-state index contributed by atoms with van der Waals surface area (Å²) >= 11 is 0. The van der Waals surface area contributed by atoms with Gasteiger partial charge in [0, 0.05) is 18.5 Å². The van der Waals surface area contributed by atoms with Crippen LogP contribution in [0.3, 0.4) is 0 Å². The lowest BCUT2D eigenvalue weighted by molar-refractivity contribution is -0.141. The Labute approximate surface area is 291 Å². The summed E-state index contributed by atoms with van der Waals surface area (Å²) in [4.78, 5) is 70.6. The first-order valence-corrected chi connectivity index (χ1v) is 19.0. The van der Waals surface area contributed by atoms with Crippen LogP contribution in [0.4, 0.5) is 14.0 Å². The predicted octanol–water partition coefficient (Wildman–Crippen LogP) is 2.98. The standard InChI is InChI=1S/C34H46FN5O9S/c1-33(2,3)49-31(44)36-26-12-7-5-4-6-10-21-16-34(21,30(43)38-50(46,47)23-13-14-23)37-28(41)27-15-22(18-40(27)29(26)42)48-32(45)39-17-20-9-8-11-25(35)24(20)19-39/h8-9,11,21-23,26-27H,4-7,10,12-19H2,1-3H3,(H,36,44)(H,37,41)(H,38,43)/t21-,22-,26+,27+,34-/m1/s1. The number of alkyl carbamates (subject to hydrolysis) is 1. The molecule has 0 bridgehead atoms. The van der Waals surface area contributed by atoms with Gasteiger partial charge in [-0.15, -0.1) is 0 Å². The number of amides is 5. The number of hydrogen-bond donors (Lipinski definition) is 3. The fourth-order valence-corrected chi connectivity index (χ4v) is 8.62. The molecular formula is C34H46FN5O9S. The van der Waals surface area contributed by atoms with Crippen LogP contribution < -0.4 is 15.4 Å². The number of hydrogen-bond acceptors (Lipinski definition) is 9. The zero-order valence-corrected chi connectivity index (χ0v) is 29.5. The Hall–Kier alpha value is -3.95. The molecule has 3 heterocycles. The molecule has 0 aromatic heterocycles. The minimum absolute atomic E-state index is 0.00475. The van der Waals surface area contributed by atoms with Crippen molar-refractivity contribution in [1.82, 2.24) is 25.2 Å². The maximum Gasteiger partial charge on any atom is 0.410 e. The van der Waals surface area contributed by atoms with Crippen LogP contribution >= 0.6 is 0 Å². The summed E-state index contributed by atoms with van der Waals surface area (Å²) < 4.78 is 53.2. The van der Waals surface area contributed by atoms with Crippen LogP contribution in [0.2, 0.25) is 0 Å². The summed E-state index contributed by atoms with van der Waals surface area (Å²) in [7, 11) is -3.89. The average molecular weight is 720 g/mol. The first kappa shape index (κ1) is 35.9. The van der Waals surface area contributed by atoms with Gasteiger partial charge in [-0.1, -0.05) is 37.8 Å². The number of ether oxygens (including phenoxy) is 2. The minimum atomic E-state index is -3.89. The molecule has 0 unspecified atom stereocenters. The summed E-state index contributed by atoms with van der Waals surface area (Å²) in [6.45, 7) is 5.05. The largest absolute Gasteiger partial charge is 0.444 e. The number of benzene rings is 1. The number of nitrogens with one attached hydrogen (secondary N) is 3. The number of rotatable bonds is 5. The third kappa shape index (κ3) is 7.84. The summed E-state index contributed by atoms with van der Waals surface area (Å²) in [6.07, 6.45) is 2.25. The van der Waals surface area contributed by atoms with E-state index in [9.17, 15) is 36.8 Å². The molecule has 0 spiro atoms. The van der Waals surface area contributed by atoms with E-state index >= 15 is 0 Å². The molecule has 4 fully saturated rings. The van der Waals surface area contributed by atoms with Gasteiger partial charge in [0.15, 0.2) is 0 Å². The highest BCUT2D eigenvalue weighted by Gasteiger charge is 2.62. The topological polar surface area (TPSA) is 181 Å². The number of fused-ring (bicyclic) bond motifs is 3. The number of halogens is 1. The Morgan fingerprint density at radius 3 is 2.42 bits per heavy atom. The fourth-order valence-electron chi connectivity index (χ4n) is 7.25. The van der Waals surface area contributed by atoms with E-state index in [1.165, 1.54) is 15.9 Å². The maximum absolute atomic E-state index is 14.4. The molecule has 5 atom stereocenters. The Morgan fingerprint density at radius 2 is 1.74 bits per heavy atom. The second-order valence-electron chi connectivity index (χ2n) is 15.2. The zero-order chi connectivity index (χ0) is 36.0. The van der Waals surface area contributed by atoms with Crippen LogP contribution in [0, 0.1) is 11.7 Å². The van der Waals surface area contributed by atoms with Crippen LogP contribution in [0.5, 0.6) is 0 Å².